The zero-order valence-corrected chi connectivity index (χ0v) is 10.5. The van der Waals surface area contributed by atoms with Crippen molar-refractivity contribution in [1.29, 1.82) is 0 Å². The van der Waals surface area contributed by atoms with Crippen molar-refractivity contribution in [3.63, 3.8) is 0 Å². The Labute approximate surface area is 98.2 Å². The Morgan fingerprint density at radius 3 is 2.19 bits per heavy atom. The largest absolute Gasteiger partial charge is 0.480 e. The number of carboxylic acid groups (broad SMARTS) is 1. The van der Waals surface area contributed by atoms with Gasteiger partial charge < -0.3 is 10.4 Å². The van der Waals surface area contributed by atoms with Gasteiger partial charge in [0.15, 0.2) is 0 Å². The third kappa shape index (κ3) is 4.52. The number of hydrogen-bond acceptors (Lipinski definition) is 4. The van der Waals surface area contributed by atoms with Gasteiger partial charge in [-0.1, -0.05) is 0 Å². The van der Waals surface area contributed by atoms with Crippen LogP contribution >= 0.6 is 11.8 Å². The molecular formula is C9H16N2O4S. The lowest BCUT2D eigenvalue weighted by atomic mass is 10.2. The molecule has 16 heavy (non-hydrogen) atoms. The minimum atomic E-state index is -1.07. The first kappa shape index (κ1) is 14.8. The molecular weight excluding hydrogens is 232 g/mol. The number of hydrogen-bond donors (Lipinski definition) is 3. The number of carbonyl (C=O) groups excluding carboxylic acids is 2. The highest BCUT2D eigenvalue weighted by molar-refractivity contribution is 8.02. The van der Waals surface area contributed by atoms with E-state index in [0.29, 0.717) is 0 Å². The molecule has 92 valence electrons. The van der Waals surface area contributed by atoms with E-state index in [9.17, 15) is 14.4 Å². The second kappa shape index (κ2) is 5.74. The summed E-state index contributed by atoms with van der Waals surface area (Å²) >= 11 is 0.979. The molecule has 0 aromatic rings. The number of thioether (sulfide) groups is 1. The van der Waals surface area contributed by atoms with Crippen LogP contribution in [-0.4, -0.2) is 40.1 Å². The quantitative estimate of drug-likeness (QED) is 0.670. The normalized spacial score (nSPS) is 12.8. The standard InChI is InChI=1S/C9H16N2O4S/c1-5(6(12)11-8(15)10-4)16-9(2,3)7(13)14/h5H,1-4H3,(H,13,14)(H2,10,11,12,15). The average molecular weight is 248 g/mol. The van der Waals surface area contributed by atoms with Gasteiger partial charge in [0.1, 0.15) is 4.75 Å². The Morgan fingerprint density at radius 2 is 1.81 bits per heavy atom. The molecule has 3 N–H and O–H groups in total. The highest BCUT2D eigenvalue weighted by atomic mass is 32.2. The van der Waals surface area contributed by atoms with Gasteiger partial charge in [0.25, 0.3) is 0 Å². The maximum Gasteiger partial charge on any atom is 0.321 e. The molecule has 0 rings (SSSR count). The van der Waals surface area contributed by atoms with Crippen LogP contribution in [-0.2, 0) is 9.59 Å². The Kier molecular flexibility index (Phi) is 5.29. The third-order valence-electron chi connectivity index (χ3n) is 1.82. The summed E-state index contributed by atoms with van der Waals surface area (Å²) in [5.74, 6) is -1.52. The smallest absolute Gasteiger partial charge is 0.321 e. The first-order chi connectivity index (χ1) is 7.20. The fraction of sp³-hybridized carbons (Fsp3) is 0.667. The second-order valence-corrected chi connectivity index (χ2v) is 5.61. The second-order valence-electron chi connectivity index (χ2n) is 3.64. The molecule has 0 radical (unpaired) electrons. The number of aliphatic carboxylic acids is 1. The number of imide groups is 1. The molecule has 0 saturated carbocycles. The van der Waals surface area contributed by atoms with E-state index in [0.717, 1.165) is 11.8 Å². The first-order valence-electron chi connectivity index (χ1n) is 4.64. The van der Waals surface area contributed by atoms with Crippen LogP contribution in [0.1, 0.15) is 20.8 Å². The average Bonchev–Trinajstić information content (AvgIpc) is 2.16. The maximum atomic E-state index is 11.4. The lowest BCUT2D eigenvalue weighted by molar-refractivity contribution is -0.138. The van der Waals surface area contributed by atoms with E-state index in [1.54, 1.807) is 6.92 Å². The molecule has 0 spiro atoms. The lowest BCUT2D eigenvalue weighted by Crippen LogP contribution is -2.43. The van der Waals surface area contributed by atoms with Crippen LogP contribution in [0.4, 0.5) is 4.79 Å². The van der Waals surface area contributed by atoms with Crippen molar-refractivity contribution in [3.8, 4) is 0 Å². The van der Waals surface area contributed by atoms with Gasteiger partial charge in [-0.2, -0.15) is 0 Å². The lowest BCUT2D eigenvalue weighted by Gasteiger charge is -2.22. The van der Waals surface area contributed by atoms with E-state index in [2.05, 4.69) is 10.6 Å². The van der Waals surface area contributed by atoms with Gasteiger partial charge in [0, 0.05) is 7.05 Å². The van der Waals surface area contributed by atoms with E-state index >= 15 is 0 Å². The van der Waals surface area contributed by atoms with Crippen LogP contribution in [0.5, 0.6) is 0 Å². The SMILES string of the molecule is CNC(=O)NC(=O)C(C)SC(C)(C)C(=O)O. The minimum absolute atomic E-state index is 0.515. The fourth-order valence-corrected chi connectivity index (χ4v) is 1.97. The van der Waals surface area contributed by atoms with E-state index in [1.165, 1.54) is 20.9 Å². The molecule has 0 saturated heterocycles. The van der Waals surface area contributed by atoms with Crippen LogP contribution in [0, 0.1) is 0 Å². The van der Waals surface area contributed by atoms with Crippen molar-refractivity contribution >= 4 is 29.7 Å². The summed E-state index contributed by atoms with van der Waals surface area (Å²) in [6.07, 6.45) is 0. The highest BCUT2D eigenvalue weighted by Crippen LogP contribution is 2.28. The van der Waals surface area contributed by atoms with Gasteiger partial charge in [-0.25, -0.2) is 4.79 Å². The van der Waals surface area contributed by atoms with Crippen molar-refractivity contribution in [2.24, 2.45) is 0 Å². The summed E-state index contributed by atoms with van der Waals surface area (Å²) in [7, 11) is 1.39. The van der Waals surface area contributed by atoms with Crippen molar-refractivity contribution in [1.82, 2.24) is 10.6 Å². The van der Waals surface area contributed by atoms with Gasteiger partial charge in [-0.15, -0.1) is 11.8 Å². The molecule has 7 heteroatoms. The molecule has 0 heterocycles. The molecule has 0 aromatic heterocycles. The van der Waals surface area contributed by atoms with Crippen molar-refractivity contribution < 1.29 is 19.5 Å². The number of amides is 3. The van der Waals surface area contributed by atoms with Gasteiger partial charge in [-0.3, -0.25) is 14.9 Å². The summed E-state index contributed by atoms with van der Waals surface area (Å²) in [6, 6.07) is -0.606. The molecule has 0 aliphatic heterocycles. The summed E-state index contributed by atoms with van der Waals surface area (Å²) in [5.41, 5.74) is 0. The van der Waals surface area contributed by atoms with Crippen LogP contribution in [0.25, 0.3) is 0 Å². The third-order valence-corrected chi connectivity index (χ3v) is 3.15. The highest BCUT2D eigenvalue weighted by Gasteiger charge is 2.32. The zero-order valence-electron chi connectivity index (χ0n) is 9.66. The zero-order chi connectivity index (χ0) is 12.9. The molecule has 1 atom stereocenters. The van der Waals surface area contributed by atoms with E-state index < -0.39 is 27.9 Å². The molecule has 3 amide bonds. The molecule has 0 aliphatic rings. The van der Waals surface area contributed by atoms with Gasteiger partial charge in [-0.05, 0) is 20.8 Å². The molecule has 0 fully saturated rings. The van der Waals surface area contributed by atoms with Crippen LogP contribution in [0.15, 0.2) is 0 Å². The Morgan fingerprint density at radius 1 is 1.31 bits per heavy atom. The first-order valence-corrected chi connectivity index (χ1v) is 5.52. The maximum absolute atomic E-state index is 11.4. The number of carbonyl (C=O) groups is 3. The summed E-state index contributed by atoms with van der Waals surface area (Å²) in [6.45, 7) is 4.56. The number of carboxylic acids is 1. The van der Waals surface area contributed by atoms with Crippen molar-refractivity contribution in [2.75, 3.05) is 7.05 Å². The van der Waals surface area contributed by atoms with Crippen molar-refractivity contribution in [2.45, 2.75) is 30.8 Å². The summed E-state index contributed by atoms with van der Waals surface area (Å²) in [4.78, 5) is 33.1. The number of nitrogens with one attached hydrogen (secondary N) is 2. The fourth-order valence-electron chi connectivity index (χ4n) is 0.822. The summed E-state index contributed by atoms with van der Waals surface area (Å²) < 4.78 is -1.07. The van der Waals surface area contributed by atoms with E-state index in [4.69, 9.17) is 5.11 Å². The minimum Gasteiger partial charge on any atom is -0.480 e. The van der Waals surface area contributed by atoms with E-state index in [1.807, 2.05) is 0 Å². The molecule has 0 aliphatic carbocycles. The molecule has 6 nitrogen and oxygen atoms in total. The monoisotopic (exact) mass is 248 g/mol. The van der Waals surface area contributed by atoms with Gasteiger partial charge in [0.2, 0.25) is 5.91 Å². The molecule has 1 unspecified atom stereocenters. The Hall–Kier alpha value is -1.24. The van der Waals surface area contributed by atoms with Crippen molar-refractivity contribution in [3.05, 3.63) is 0 Å². The number of urea groups is 1. The van der Waals surface area contributed by atoms with Gasteiger partial charge >= 0.3 is 12.0 Å². The van der Waals surface area contributed by atoms with Crippen LogP contribution in [0.2, 0.25) is 0 Å². The predicted molar refractivity (Wildman–Crippen MR) is 61.4 cm³/mol. The van der Waals surface area contributed by atoms with Gasteiger partial charge in [0.05, 0.1) is 5.25 Å². The van der Waals surface area contributed by atoms with Crippen LogP contribution in [0.3, 0.4) is 0 Å². The predicted octanol–water partition coefficient (Wildman–Crippen LogP) is 0.427. The topological polar surface area (TPSA) is 95.5 Å². The van der Waals surface area contributed by atoms with Crippen LogP contribution < -0.4 is 10.6 Å². The van der Waals surface area contributed by atoms with E-state index in [-0.39, 0.29) is 0 Å². The molecule has 0 bridgehead atoms. The summed E-state index contributed by atoms with van der Waals surface area (Å²) in [5, 5.41) is 12.6. The Bertz CT molecular complexity index is 304. The number of rotatable bonds is 4. The molecule has 0 aromatic carbocycles. The Balaban J connectivity index is 4.36.